The highest BCUT2D eigenvalue weighted by Crippen LogP contribution is 2.30. The van der Waals surface area contributed by atoms with Crippen LogP contribution in [0.2, 0.25) is 0 Å². The van der Waals surface area contributed by atoms with Gasteiger partial charge in [0, 0.05) is 29.2 Å². The smallest absolute Gasteiger partial charge is 0.175 e. The number of hydrogen-bond donors (Lipinski definition) is 0. The molecule has 0 aliphatic carbocycles. The minimum Gasteiger partial charge on any atom is -0.351 e. The quantitative estimate of drug-likeness (QED) is 0.639. The largest absolute Gasteiger partial charge is 0.351 e. The zero-order valence-corrected chi connectivity index (χ0v) is 16.0. The molecule has 0 amide bonds. The predicted octanol–water partition coefficient (Wildman–Crippen LogP) is 3.36. The van der Waals surface area contributed by atoms with Crippen LogP contribution < -0.4 is 4.90 Å². The van der Waals surface area contributed by atoms with Gasteiger partial charge in [-0.25, -0.2) is 18.4 Å². The molecule has 2 heterocycles. The van der Waals surface area contributed by atoms with E-state index in [0.717, 1.165) is 40.7 Å². The Hall–Kier alpha value is -1.99. The molecule has 7 heteroatoms. The number of hydrogen-bond acceptors (Lipinski definition) is 5. The van der Waals surface area contributed by atoms with Gasteiger partial charge in [0.15, 0.2) is 9.84 Å². The molecule has 0 atom stereocenters. The second kappa shape index (κ2) is 6.07. The van der Waals surface area contributed by atoms with Gasteiger partial charge in [-0.05, 0) is 47.9 Å². The number of sulfone groups is 1. The molecule has 0 N–H and O–H groups in total. The number of fused-ring (bicyclic) bond motifs is 2. The highest BCUT2D eigenvalue weighted by atomic mass is 79.9. The average molecular weight is 418 g/mol. The number of aromatic nitrogens is 2. The zero-order chi connectivity index (χ0) is 17.6. The Morgan fingerprint density at radius 3 is 2.72 bits per heavy atom. The standard InChI is InChI=1S/C18H16BrN3O2S/c1-25(23,24)15-4-5-17-16(9-15)18(21-11-20-17)22-7-6-12-8-14(19)3-2-13(12)10-22/h2-5,8-9,11H,6-7,10H2,1H3. The second-order valence-corrected chi connectivity index (χ2v) is 9.16. The molecule has 0 fully saturated rings. The molecule has 128 valence electrons. The number of nitrogens with zero attached hydrogens (tertiary/aromatic N) is 3. The Kier molecular flexibility index (Phi) is 4.00. The van der Waals surface area contributed by atoms with E-state index in [0.29, 0.717) is 0 Å². The summed E-state index contributed by atoms with van der Waals surface area (Å²) in [5.74, 6) is 0.782. The lowest BCUT2D eigenvalue weighted by Crippen LogP contribution is -2.31. The molecule has 0 saturated carbocycles. The van der Waals surface area contributed by atoms with Crippen molar-refractivity contribution in [2.75, 3.05) is 17.7 Å². The Morgan fingerprint density at radius 2 is 1.92 bits per heavy atom. The van der Waals surface area contributed by atoms with Gasteiger partial charge in [0.05, 0.1) is 10.4 Å². The normalized spacial score (nSPS) is 14.6. The van der Waals surface area contributed by atoms with Gasteiger partial charge in [0.2, 0.25) is 0 Å². The molecule has 0 saturated heterocycles. The Bertz CT molecular complexity index is 1080. The first-order valence-electron chi connectivity index (χ1n) is 7.89. The first-order chi connectivity index (χ1) is 11.9. The topological polar surface area (TPSA) is 63.2 Å². The van der Waals surface area contributed by atoms with E-state index < -0.39 is 9.84 Å². The average Bonchev–Trinajstić information content (AvgIpc) is 2.59. The number of benzene rings is 2. The van der Waals surface area contributed by atoms with Crippen molar-refractivity contribution in [1.29, 1.82) is 0 Å². The van der Waals surface area contributed by atoms with Crippen molar-refractivity contribution in [1.82, 2.24) is 9.97 Å². The Balaban J connectivity index is 1.80. The van der Waals surface area contributed by atoms with Gasteiger partial charge in [-0.2, -0.15) is 0 Å². The van der Waals surface area contributed by atoms with E-state index in [-0.39, 0.29) is 4.90 Å². The molecular weight excluding hydrogens is 402 g/mol. The minimum absolute atomic E-state index is 0.289. The van der Waals surface area contributed by atoms with Gasteiger partial charge in [-0.15, -0.1) is 0 Å². The molecule has 25 heavy (non-hydrogen) atoms. The summed E-state index contributed by atoms with van der Waals surface area (Å²) in [5.41, 5.74) is 3.35. The summed E-state index contributed by atoms with van der Waals surface area (Å²) in [6.07, 6.45) is 3.67. The van der Waals surface area contributed by atoms with Crippen molar-refractivity contribution in [3.63, 3.8) is 0 Å². The molecule has 1 aliphatic heterocycles. The highest BCUT2D eigenvalue weighted by Gasteiger charge is 2.20. The van der Waals surface area contributed by atoms with Crippen LogP contribution in [0.15, 0.2) is 52.1 Å². The van der Waals surface area contributed by atoms with Gasteiger partial charge in [0.25, 0.3) is 0 Å². The maximum Gasteiger partial charge on any atom is 0.175 e. The summed E-state index contributed by atoms with van der Waals surface area (Å²) in [7, 11) is -3.27. The van der Waals surface area contributed by atoms with Crippen LogP contribution in [0.3, 0.4) is 0 Å². The summed E-state index contributed by atoms with van der Waals surface area (Å²) >= 11 is 3.52. The van der Waals surface area contributed by atoms with Crippen molar-refractivity contribution in [3.05, 3.63) is 58.3 Å². The summed E-state index contributed by atoms with van der Waals surface area (Å²) in [5, 5.41) is 0.769. The monoisotopic (exact) mass is 417 g/mol. The van der Waals surface area contributed by atoms with Crippen LogP contribution in [0.25, 0.3) is 10.9 Å². The molecule has 0 spiro atoms. The van der Waals surface area contributed by atoms with Crippen molar-refractivity contribution < 1.29 is 8.42 Å². The lowest BCUT2D eigenvalue weighted by molar-refractivity contribution is 0.602. The lowest BCUT2D eigenvalue weighted by atomic mass is 9.99. The Morgan fingerprint density at radius 1 is 1.08 bits per heavy atom. The first-order valence-corrected chi connectivity index (χ1v) is 10.6. The van der Waals surface area contributed by atoms with Gasteiger partial charge in [-0.1, -0.05) is 22.0 Å². The van der Waals surface area contributed by atoms with Crippen LogP contribution in [-0.4, -0.2) is 31.2 Å². The number of halogens is 1. The van der Waals surface area contributed by atoms with E-state index in [4.69, 9.17) is 0 Å². The SMILES string of the molecule is CS(=O)(=O)c1ccc2ncnc(N3CCc4cc(Br)ccc4C3)c2c1. The van der Waals surface area contributed by atoms with E-state index in [1.54, 1.807) is 18.2 Å². The molecule has 0 bridgehead atoms. The summed E-state index contributed by atoms with van der Waals surface area (Å²) in [6, 6.07) is 11.3. The third kappa shape index (κ3) is 3.14. The summed E-state index contributed by atoms with van der Waals surface area (Å²) < 4.78 is 24.9. The van der Waals surface area contributed by atoms with Crippen molar-refractivity contribution in [2.24, 2.45) is 0 Å². The van der Waals surface area contributed by atoms with Gasteiger partial charge < -0.3 is 4.90 Å². The fourth-order valence-corrected chi connectivity index (χ4v) is 4.26. The second-order valence-electron chi connectivity index (χ2n) is 6.23. The maximum absolute atomic E-state index is 11.9. The molecule has 1 aliphatic rings. The van der Waals surface area contributed by atoms with E-state index >= 15 is 0 Å². The molecule has 2 aromatic carbocycles. The van der Waals surface area contributed by atoms with Crippen LogP contribution in [-0.2, 0) is 22.8 Å². The van der Waals surface area contributed by atoms with Crippen LogP contribution in [0.1, 0.15) is 11.1 Å². The van der Waals surface area contributed by atoms with E-state index in [9.17, 15) is 8.42 Å². The van der Waals surface area contributed by atoms with E-state index in [1.165, 1.54) is 23.7 Å². The first kappa shape index (κ1) is 16.5. The molecule has 0 unspecified atom stereocenters. The van der Waals surface area contributed by atoms with Crippen molar-refractivity contribution >= 4 is 42.5 Å². The fourth-order valence-electron chi connectivity index (χ4n) is 3.21. The Labute approximate surface area is 154 Å². The van der Waals surface area contributed by atoms with Gasteiger partial charge >= 0.3 is 0 Å². The highest BCUT2D eigenvalue weighted by molar-refractivity contribution is 9.10. The van der Waals surface area contributed by atoms with Gasteiger partial charge in [-0.3, -0.25) is 0 Å². The summed E-state index contributed by atoms with van der Waals surface area (Å²) in [4.78, 5) is 11.2. The van der Waals surface area contributed by atoms with Crippen LogP contribution in [0.5, 0.6) is 0 Å². The molecule has 5 nitrogen and oxygen atoms in total. The predicted molar refractivity (Wildman–Crippen MR) is 102 cm³/mol. The van der Waals surface area contributed by atoms with Gasteiger partial charge in [0.1, 0.15) is 12.1 Å². The zero-order valence-electron chi connectivity index (χ0n) is 13.6. The van der Waals surface area contributed by atoms with E-state index in [1.807, 2.05) is 6.07 Å². The number of anilines is 1. The van der Waals surface area contributed by atoms with Crippen LogP contribution in [0, 0.1) is 0 Å². The fraction of sp³-hybridized carbons (Fsp3) is 0.222. The molecular formula is C18H16BrN3O2S. The van der Waals surface area contributed by atoms with Crippen LogP contribution in [0.4, 0.5) is 5.82 Å². The molecule has 1 aromatic heterocycles. The lowest BCUT2D eigenvalue weighted by Gasteiger charge is -2.30. The third-order valence-electron chi connectivity index (χ3n) is 4.49. The minimum atomic E-state index is -3.27. The van der Waals surface area contributed by atoms with Crippen molar-refractivity contribution in [3.8, 4) is 0 Å². The number of rotatable bonds is 2. The van der Waals surface area contributed by atoms with E-state index in [2.05, 4.69) is 42.9 Å². The van der Waals surface area contributed by atoms with Crippen LogP contribution >= 0.6 is 15.9 Å². The molecule has 3 aromatic rings. The van der Waals surface area contributed by atoms with Crippen molar-refractivity contribution in [2.45, 2.75) is 17.9 Å². The maximum atomic E-state index is 11.9. The molecule has 4 rings (SSSR count). The molecule has 0 radical (unpaired) electrons. The third-order valence-corrected chi connectivity index (χ3v) is 6.10. The summed E-state index contributed by atoms with van der Waals surface area (Å²) in [6.45, 7) is 1.58.